The van der Waals surface area contributed by atoms with Crippen LogP contribution in [0.4, 0.5) is 0 Å². The molecule has 0 aliphatic carbocycles. The lowest BCUT2D eigenvalue weighted by Crippen LogP contribution is -2.24. The Balaban J connectivity index is 2.29. The second kappa shape index (κ2) is 5.88. The second-order valence-electron chi connectivity index (χ2n) is 5.73. The van der Waals surface area contributed by atoms with Crippen molar-refractivity contribution < 1.29 is 10.3 Å². The number of amides is 1. The molecule has 0 aliphatic rings. The van der Waals surface area contributed by atoms with Gasteiger partial charge in [0.1, 0.15) is 5.65 Å². The third kappa shape index (κ3) is 2.97. The van der Waals surface area contributed by atoms with Crippen LogP contribution in [-0.4, -0.2) is 34.3 Å². The molecular weight excluding hydrogens is 286 g/mol. The van der Waals surface area contributed by atoms with Gasteiger partial charge in [0.15, 0.2) is 0 Å². The fourth-order valence-electron chi connectivity index (χ4n) is 2.37. The van der Waals surface area contributed by atoms with Crippen molar-refractivity contribution >= 4 is 11.6 Å². The van der Waals surface area contributed by atoms with Crippen LogP contribution in [0.2, 0.25) is 0 Å². The molecule has 1 unspecified atom stereocenters. The van der Waals surface area contributed by atoms with Crippen molar-refractivity contribution in [3.05, 3.63) is 59.4 Å². The Morgan fingerprint density at radius 3 is 2.57 bits per heavy atom. The van der Waals surface area contributed by atoms with Crippen LogP contribution in [0.1, 0.15) is 22.3 Å². The van der Waals surface area contributed by atoms with Gasteiger partial charge < -0.3 is 9.30 Å². The van der Waals surface area contributed by atoms with E-state index in [1.54, 1.807) is 24.6 Å². The summed E-state index contributed by atoms with van der Waals surface area (Å²) in [4.78, 5) is 18.4. The summed E-state index contributed by atoms with van der Waals surface area (Å²) in [6, 6.07) is 10.8. The molecule has 0 bridgehead atoms. The molecule has 4 heteroatoms. The predicted molar refractivity (Wildman–Crippen MR) is 92.5 cm³/mol. The minimum Gasteiger partial charge on any atom is -0.348 e. The first kappa shape index (κ1) is 11.0. The van der Waals surface area contributed by atoms with E-state index in [2.05, 4.69) is 4.98 Å². The van der Waals surface area contributed by atoms with E-state index < -0.39 is 19.2 Å². The van der Waals surface area contributed by atoms with E-state index in [1.165, 1.54) is 17.2 Å². The zero-order chi connectivity index (χ0) is 19.9. The van der Waals surface area contributed by atoms with E-state index in [4.69, 9.17) is 5.48 Å². The molecule has 1 amide bonds. The smallest absolute Gasteiger partial charge is 0.228 e. The molecule has 0 aliphatic heterocycles. The van der Waals surface area contributed by atoms with Crippen LogP contribution in [0.25, 0.3) is 16.9 Å². The van der Waals surface area contributed by atoms with Crippen LogP contribution < -0.4 is 0 Å². The lowest BCUT2D eigenvalue weighted by atomic mass is 10.1. The Labute approximate surface area is 142 Å². The number of pyridine rings is 1. The van der Waals surface area contributed by atoms with Crippen molar-refractivity contribution in [2.24, 2.45) is 0 Å². The van der Waals surface area contributed by atoms with E-state index in [-0.39, 0.29) is 5.56 Å². The number of imidazole rings is 1. The lowest BCUT2D eigenvalue weighted by molar-refractivity contribution is -0.128. The summed E-state index contributed by atoms with van der Waals surface area (Å²) in [5.74, 6) is -0.399. The predicted octanol–water partition coefficient (Wildman–Crippen LogP) is 3.25. The van der Waals surface area contributed by atoms with Gasteiger partial charge in [-0.1, -0.05) is 35.9 Å². The molecule has 1 aromatic carbocycles. The van der Waals surface area contributed by atoms with Crippen LogP contribution in [0.3, 0.4) is 0 Å². The highest BCUT2D eigenvalue weighted by molar-refractivity contribution is 5.81. The molecule has 1 atom stereocenters. The summed E-state index contributed by atoms with van der Waals surface area (Å²) >= 11 is 0. The SMILES string of the molecule is [2H]C(C(=O)N(C)C)c1c(-c2ccc(C)cc2)nc2ccc(C([2H])([2H])[2H])cn12. The van der Waals surface area contributed by atoms with Gasteiger partial charge in [-0.3, -0.25) is 4.79 Å². The topological polar surface area (TPSA) is 37.6 Å². The van der Waals surface area contributed by atoms with Crippen molar-refractivity contribution in [3.63, 3.8) is 0 Å². The first-order chi connectivity index (χ1) is 12.6. The van der Waals surface area contributed by atoms with Gasteiger partial charge in [0.2, 0.25) is 5.91 Å². The highest BCUT2D eigenvalue weighted by Gasteiger charge is 2.18. The number of hydrogen-bond acceptors (Lipinski definition) is 2. The third-order valence-corrected chi connectivity index (χ3v) is 3.68. The Kier molecular flexibility index (Phi) is 2.81. The molecule has 0 N–H and O–H groups in total. The van der Waals surface area contributed by atoms with Gasteiger partial charge in [0.25, 0.3) is 0 Å². The van der Waals surface area contributed by atoms with Crippen LogP contribution in [0, 0.1) is 13.8 Å². The normalized spacial score (nSPS) is 15.4. The van der Waals surface area contributed by atoms with Gasteiger partial charge in [-0.2, -0.15) is 0 Å². The summed E-state index contributed by atoms with van der Waals surface area (Å²) in [5.41, 5.74) is 3.36. The number of rotatable bonds is 3. The maximum absolute atomic E-state index is 12.5. The van der Waals surface area contributed by atoms with E-state index in [1.807, 2.05) is 31.2 Å². The maximum atomic E-state index is 12.5. The second-order valence-corrected chi connectivity index (χ2v) is 5.73. The Bertz CT molecular complexity index is 991. The molecule has 3 aromatic rings. The summed E-state index contributed by atoms with van der Waals surface area (Å²) in [7, 11) is 3.18. The molecule has 2 heterocycles. The molecule has 4 nitrogen and oxygen atoms in total. The Hall–Kier alpha value is -2.62. The van der Waals surface area contributed by atoms with Crippen LogP contribution >= 0.6 is 0 Å². The highest BCUT2D eigenvalue weighted by Crippen LogP contribution is 2.26. The number of fused-ring (bicyclic) bond motifs is 1. The van der Waals surface area contributed by atoms with Gasteiger partial charge in [0, 0.05) is 31.3 Å². The summed E-state index contributed by atoms with van der Waals surface area (Å²) in [5, 5.41) is 0. The number of aromatic nitrogens is 2. The summed E-state index contributed by atoms with van der Waals surface area (Å²) < 4.78 is 33.0. The van der Waals surface area contributed by atoms with Gasteiger partial charge in [0.05, 0.1) is 17.8 Å². The molecule has 0 saturated carbocycles. The number of likely N-dealkylation sites (N-methyl/N-ethyl adjacent to an activating group) is 1. The third-order valence-electron chi connectivity index (χ3n) is 3.68. The molecule has 23 heavy (non-hydrogen) atoms. The number of nitrogens with zero attached hydrogens (tertiary/aromatic N) is 3. The highest BCUT2D eigenvalue weighted by atomic mass is 16.2. The minimum atomic E-state index is -2.29. The van der Waals surface area contributed by atoms with Crippen molar-refractivity contribution in [2.45, 2.75) is 20.2 Å². The molecule has 3 rings (SSSR count). The lowest BCUT2D eigenvalue weighted by Gasteiger charge is -2.11. The van der Waals surface area contributed by atoms with Crippen LogP contribution in [0.15, 0.2) is 42.6 Å². The number of carbonyl (C=O) groups is 1. The Morgan fingerprint density at radius 1 is 1.22 bits per heavy atom. The summed E-state index contributed by atoms with van der Waals surface area (Å²) in [6.45, 7) is -0.317. The molecule has 0 radical (unpaired) electrons. The van der Waals surface area contributed by atoms with Crippen molar-refractivity contribution in [1.29, 1.82) is 0 Å². The molecule has 118 valence electrons. The number of benzene rings is 1. The maximum Gasteiger partial charge on any atom is 0.228 e. The fraction of sp³-hybridized carbons (Fsp3) is 0.263. The number of carbonyl (C=O) groups excluding carboxylic acids is 1. The quantitative estimate of drug-likeness (QED) is 0.744. The van der Waals surface area contributed by atoms with E-state index >= 15 is 0 Å². The largest absolute Gasteiger partial charge is 0.348 e. The Morgan fingerprint density at radius 2 is 1.91 bits per heavy atom. The van der Waals surface area contributed by atoms with Crippen LogP contribution in [0.5, 0.6) is 0 Å². The number of hydrogen-bond donors (Lipinski definition) is 0. The number of aryl methyl sites for hydroxylation is 2. The minimum absolute atomic E-state index is 0.133. The van der Waals surface area contributed by atoms with Crippen molar-refractivity contribution in [2.75, 3.05) is 14.1 Å². The molecule has 2 aromatic heterocycles. The molecule has 0 spiro atoms. The standard InChI is InChI=1S/C19H21N3O/c1-13-5-8-15(9-6-13)19-16(11-18(23)21(3)4)22-12-14(2)7-10-17(22)20-19/h5-10,12H,11H2,1-4H3/i2D3,11D. The van der Waals surface area contributed by atoms with E-state index in [0.717, 1.165) is 11.1 Å². The first-order valence-electron chi connectivity index (χ1n) is 9.40. The van der Waals surface area contributed by atoms with Crippen molar-refractivity contribution in [3.8, 4) is 11.3 Å². The summed E-state index contributed by atoms with van der Waals surface area (Å²) in [6.07, 6.45) is 0.227. The van der Waals surface area contributed by atoms with Gasteiger partial charge in [-0.25, -0.2) is 4.98 Å². The molecular formula is C19H21N3O. The van der Waals surface area contributed by atoms with Gasteiger partial charge in [-0.15, -0.1) is 0 Å². The van der Waals surface area contributed by atoms with E-state index in [0.29, 0.717) is 17.0 Å². The average molecular weight is 311 g/mol. The average Bonchev–Trinajstić information content (AvgIpc) is 2.98. The van der Waals surface area contributed by atoms with Crippen LogP contribution in [-0.2, 0) is 11.2 Å². The first-order valence-corrected chi connectivity index (χ1v) is 7.32. The zero-order valence-corrected chi connectivity index (χ0v) is 13.4. The van der Waals surface area contributed by atoms with Gasteiger partial charge in [-0.05, 0) is 25.4 Å². The molecule has 0 fully saturated rings. The fourth-order valence-corrected chi connectivity index (χ4v) is 2.37. The zero-order valence-electron chi connectivity index (χ0n) is 17.4. The molecule has 0 saturated heterocycles. The van der Waals surface area contributed by atoms with Gasteiger partial charge >= 0.3 is 0 Å². The van der Waals surface area contributed by atoms with E-state index in [9.17, 15) is 4.79 Å². The monoisotopic (exact) mass is 311 g/mol. The van der Waals surface area contributed by atoms with Crippen molar-refractivity contribution in [1.82, 2.24) is 14.3 Å².